The lowest BCUT2D eigenvalue weighted by Crippen LogP contribution is -2.07. The second kappa shape index (κ2) is 5.76. The molecule has 0 aromatic carbocycles. The minimum absolute atomic E-state index is 0.505. The Labute approximate surface area is 134 Å². The van der Waals surface area contributed by atoms with Crippen molar-refractivity contribution in [2.24, 2.45) is 0 Å². The SMILES string of the molecule is CCNc1nc(C2CCCS2)nc2sc3c(c12)CCCC3. The molecule has 1 atom stereocenters. The molecule has 2 aromatic heterocycles. The standard InChI is InChI=1S/C16H21N3S2/c1-2-17-15-13-10-6-3-4-7-11(10)21-16(13)19-14(18-15)12-8-5-9-20-12/h12H,2-9H2,1H3,(H,17,18,19). The van der Waals surface area contributed by atoms with Crippen LogP contribution >= 0.6 is 23.1 Å². The van der Waals surface area contributed by atoms with Crippen LogP contribution in [0, 0.1) is 0 Å². The lowest BCUT2D eigenvalue weighted by Gasteiger charge is -2.14. The monoisotopic (exact) mass is 319 g/mol. The molecule has 4 rings (SSSR count). The van der Waals surface area contributed by atoms with Crippen LogP contribution in [0.4, 0.5) is 5.82 Å². The Hall–Kier alpha value is -0.810. The number of nitrogens with zero attached hydrogens (tertiary/aromatic N) is 2. The molecule has 21 heavy (non-hydrogen) atoms. The summed E-state index contributed by atoms with van der Waals surface area (Å²) in [4.78, 5) is 12.6. The van der Waals surface area contributed by atoms with Gasteiger partial charge in [-0.25, -0.2) is 9.97 Å². The maximum atomic E-state index is 4.95. The van der Waals surface area contributed by atoms with Crippen molar-refractivity contribution in [3.63, 3.8) is 0 Å². The topological polar surface area (TPSA) is 37.8 Å². The largest absolute Gasteiger partial charge is 0.370 e. The minimum atomic E-state index is 0.505. The van der Waals surface area contributed by atoms with E-state index in [2.05, 4.69) is 12.2 Å². The summed E-state index contributed by atoms with van der Waals surface area (Å²) in [7, 11) is 0. The van der Waals surface area contributed by atoms with Crippen LogP contribution in [0.3, 0.4) is 0 Å². The molecule has 1 aliphatic heterocycles. The van der Waals surface area contributed by atoms with Gasteiger partial charge in [0.15, 0.2) is 0 Å². The number of hydrogen-bond acceptors (Lipinski definition) is 5. The van der Waals surface area contributed by atoms with Crippen LogP contribution in [0.25, 0.3) is 10.2 Å². The van der Waals surface area contributed by atoms with Gasteiger partial charge < -0.3 is 5.32 Å². The number of aryl methyl sites for hydroxylation is 2. The number of thiophene rings is 1. The third-order valence-electron chi connectivity index (χ3n) is 4.39. The lowest BCUT2D eigenvalue weighted by atomic mass is 9.97. The third kappa shape index (κ3) is 2.44. The zero-order chi connectivity index (χ0) is 14.2. The molecule has 2 aromatic rings. The molecule has 1 N–H and O–H groups in total. The quantitative estimate of drug-likeness (QED) is 0.899. The summed E-state index contributed by atoms with van der Waals surface area (Å²) < 4.78 is 0. The molecule has 1 unspecified atom stereocenters. The lowest BCUT2D eigenvalue weighted by molar-refractivity contribution is 0.700. The van der Waals surface area contributed by atoms with Gasteiger partial charge in [-0.2, -0.15) is 11.8 Å². The van der Waals surface area contributed by atoms with Crippen LogP contribution in [0.15, 0.2) is 0 Å². The van der Waals surface area contributed by atoms with E-state index in [1.165, 1.54) is 60.1 Å². The van der Waals surface area contributed by atoms with E-state index < -0.39 is 0 Å². The van der Waals surface area contributed by atoms with Crippen LogP contribution in [0.2, 0.25) is 0 Å². The van der Waals surface area contributed by atoms with Gasteiger partial charge in [0.2, 0.25) is 0 Å². The highest BCUT2D eigenvalue weighted by Gasteiger charge is 2.25. The van der Waals surface area contributed by atoms with Crippen molar-refractivity contribution in [1.82, 2.24) is 9.97 Å². The summed E-state index contributed by atoms with van der Waals surface area (Å²) >= 11 is 3.93. The van der Waals surface area contributed by atoms with Gasteiger partial charge in [0.05, 0.1) is 10.6 Å². The van der Waals surface area contributed by atoms with Gasteiger partial charge in [0.25, 0.3) is 0 Å². The summed E-state index contributed by atoms with van der Waals surface area (Å²) in [5.41, 5.74) is 1.53. The first kappa shape index (κ1) is 13.8. The van der Waals surface area contributed by atoms with E-state index in [-0.39, 0.29) is 0 Å². The highest BCUT2D eigenvalue weighted by Crippen LogP contribution is 2.42. The molecule has 5 heteroatoms. The van der Waals surface area contributed by atoms with Crippen LogP contribution in [0.5, 0.6) is 0 Å². The van der Waals surface area contributed by atoms with Crippen molar-refractivity contribution >= 4 is 39.1 Å². The number of nitrogens with one attached hydrogen (secondary N) is 1. The Kier molecular flexibility index (Phi) is 3.79. The Morgan fingerprint density at radius 3 is 2.90 bits per heavy atom. The zero-order valence-corrected chi connectivity index (χ0v) is 14.1. The Bertz CT molecular complexity index is 659. The molecule has 2 aliphatic rings. The van der Waals surface area contributed by atoms with E-state index in [0.717, 1.165) is 18.2 Å². The van der Waals surface area contributed by atoms with Crippen molar-refractivity contribution in [1.29, 1.82) is 0 Å². The van der Waals surface area contributed by atoms with Crippen molar-refractivity contribution < 1.29 is 0 Å². The number of anilines is 1. The van der Waals surface area contributed by atoms with Crippen LogP contribution in [-0.2, 0) is 12.8 Å². The highest BCUT2D eigenvalue weighted by molar-refractivity contribution is 7.99. The van der Waals surface area contributed by atoms with E-state index in [9.17, 15) is 0 Å². The molecule has 1 fully saturated rings. The normalized spacial score (nSPS) is 21.7. The average molecular weight is 319 g/mol. The first-order valence-corrected chi connectivity index (χ1v) is 9.91. The van der Waals surface area contributed by atoms with Crippen molar-refractivity contribution in [3.8, 4) is 0 Å². The van der Waals surface area contributed by atoms with Crippen LogP contribution in [0.1, 0.15) is 54.1 Å². The molecule has 0 amide bonds. The first-order chi connectivity index (χ1) is 10.4. The van der Waals surface area contributed by atoms with Crippen LogP contribution < -0.4 is 5.32 Å². The van der Waals surface area contributed by atoms with Gasteiger partial charge in [-0.05, 0) is 56.8 Å². The van der Waals surface area contributed by atoms with Crippen molar-refractivity contribution in [2.75, 3.05) is 17.6 Å². The number of fused-ring (bicyclic) bond motifs is 3. The first-order valence-electron chi connectivity index (χ1n) is 8.04. The van der Waals surface area contributed by atoms with E-state index in [1.807, 2.05) is 23.1 Å². The molecule has 1 saturated heterocycles. The molecule has 1 aliphatic carbocycles. The second-order valence-corrected chi connectivity index (χ2v) is 8.25. The van der Waals surface area contributed by atoms with Gasteiger partial charge >= 0.3 is 0 Å². The maximum absolute atomic E-state index is 4.95. The molecule has 112 valence electrons. The number of thioether (sulfide) groups is 1. The fraction of sp³-hybridized carbons (Fsp3) is 0.625. The molecule has 3 heterocycles. The van der Waals surface area contributed by atoms with Gasteiger partial charge in [-0.15, -0.1) is 11.3 Å². The minimum Gasteiger partial charge on any atom is -0.370 e. The number of aromatic nitrogens is 2. The molecular formula is C16H21N3S2. The summed E-state index contributed by atoms with van der Waals surface area (Å²) in [5.74, 6) is 3.40. The van der Waals surface area contributed by atoms with E-state index in [1.54, 1.807) is 4.88 Å². The summed E-state index contributed by atoms with van der Waals surface area (Å²) in [6.45, 7) is 3.07. The fourth-order valence-electron chi connectivity index (χ4n) is 3.39. The van der Waals surface area contributed by atoms with Crippen LogP contribution in [-0.4, -0.2) is 22.3 Å². The number of hydrogen-bond donors (Lipinski definition) is 1. The van der Waals surface area contributed by atoms with E-state index in [4.69, 9.17) is 9.97 Å². The molecule has 0 spiro atoms. The van der Waals surface area contributed by atoms with Gasteiger partial charge in [-0.1, -0.05) is 0 Å². The maximum Gasteiger partial charge on any atom is 0.145 e. The van der Waals surface area contributed by atoms with Crippen molar-refractivity contribution in [2.45, 2.75) is 50.7 Å². The zero-order valence-electron chi connectivity index (χ0n) is 12.4. The average Bonchev–Trinajstić information content (AvgIpc) is 3.14. The molecule has 0 saturated carbocycles. The molecule has 3 nitrogen and oxygen atoms in total. The van der Waals surface area contributed by atoms with Crippen molar-refractivity contribution in [3.05, 3.63) is 16.3 Å². The van der Waals surface area contributed by atoms with E-state index in [0.29, 0.717) is 5.25 Å². The summed E-state index contributed by atoms with van der Waals surface area (Å²) in [6.07, 6.45) is 7.60. The third-order valence-corrected chi connectivity index (χ3v) is 6.95. The molecule has 0 bridgehead atoms. The van der Waals surface area contributed by atoms with Gasteiger partial charge in [0.1, 0.15) is 16.5 Å². The Morgan fingerprint density at radius 2 is 2.10 bits per heavy atom. The molecule has 0 radical (unpaired) electrons. The van der Waals surface area contributed by atoms with Gasteiger partial charge in [-0.3, -0.25) is 0 Å². The van der Waals surface area contributed by atoms with E-state index >= 15 is 0 Å². The summed E-state index contributed by atoms with van der Waals surface area (Å²) in [5, 5.41) is 5.32. The van der Waals surface area contributed by atoms with Gasteiger partial charge in [0, 0.05) is 11.4 Å². The molecular weight excluding hydrogens is 298 g/mol. The second-order valence-electron chi connectivity index (χ2n) is 5.85. The smallest absolute Gasteiger partial charge is 0.145 e. The fourth-order valence-corrected chi connectivity index (χ4v) is 5.87. The predicted molar refractivity (Wildman–Crippen MR) is 92.7 cm³/mol. The summed E-state index contributed by atoms with van der Waals surface area (Å²) in [6, 6.07) is 0. The highest BCUT2D eigenvalue weighted by atomic mass is 32.2. The Balaban J connectivity index is 1.87. The predicted octanol–water partition coefficient (Wildman–Crippen LogP) is 4.57. The Morgan fingerprint density at radius 1 is 1.19 bits per heavy atom. The number of rotatable bonds is 3.